The van der Waals surface area contributed by atoms with Gasteiger partial charge in [-0.1, -0.05) is 0 Å². The molecule has 2 aliphatic rings. The molecule has 0 spiro atoms. The van der Waals surface area contributed by atoms with E-state index in [9.17, 15) is 9.90 Å². The fourth-order valence-corrected chi connectivity index (χ4v) is 3.79. The van der Waals surface area contributed by atoms with Crippen molar-refractivity contribution in [3.8, 4) is 0 Å². The Morgan fingerprint density at radius 1 is 1.50 bits per heavy atom. The maximum Gasteiger partial charge on any atom is 0.324 e. The van der Waals surface area contributed by atoms with Gasteiger partial charge in [-0.15, -0.1) is 0 Å². The fourth-order valence-electron chi connectivity index (χ4n) is 2.45. The van der Waals surface area contributed by atoms with Gasteiger partial charge in [-0.3, -0.25) is 10.1 Å². The lowest BCUT2D eigenvalue weighted by molar-refractivity contribution is -0.144. The van der Waals surface area contributed by atoms with E-state index in [0.29, 0.717) is 11.8 Å². The minimum absolute atomic E-state index is 0.381. The Balaban J connectivity index is 1.93. The molecule has 2 N–H and O–H groups in total. The summed E-state index contributed by atoms with van der Waals surface area (Å²) in [4.78, 5) is 13.7. The van der Waals surface area contributed by atoms with Gasteiger partial charge in [-0.25, -0.2) is 0 Å². The van der Waals surface area contributed by atoms with Gasteiger partial charge < -0.3 is 10.0 Å². The standard InChI is InChI=1S/C11H20N2O2S/c1-13-5-2-9(3-6-13)12-11(10(14)15)4-7-16-8-11/h9,12H,2-8H2,1H3,(H,14,15). The molecule has 2 rings (SSSR count). The lowest BCUT2D eigenvalue weighted by Gasteiger charge is -2.35. The Kier molecular flexibility index (Phi) is 3.77. The molecule has 0 aromatic rings. The van der Waals surface area contributed by atoms with Gasteiger partial charge in [0.25, 0.3) is 0 Å². The summed E-state index contributed by atoms with van der Waals surface area (Å²) in [5.41, 5.74) is -0.648. The van der Waals surface area contributed by atoms with Crippen molar-refractivity contribution < 1.29 is 9.90 Å². The third kappa shape index (κ3) is 2.52. The number of rotatable bonds is 3. The van der Waals surface area contributed by atoms with Crippen LogP contribution in [0.4, 0.5) is 0 Å². The third-order valence-corrected chi connectivity index (χ3v) is 4.82. The normalized spacial score (nSPS) is 33.1. The van der Waals surface area contributed by atoms with E-state index in [4.69, 9.17) is 0 Å². The third-order valence-electron chi connectivity index (χ3n) is 3.63. The average Bonchev–Trinajstić information content (AvgIpc) is 2.71. The maximum atomic E-state index is 11.4. The van der Waals surface area contributed by atoms with Crippen LogP contribution < -0.4 is 5.32 Å². The summed E-state index contributed by atoms with van der Waals surface area (Å²) in [6, 6.07) is 0.381. The zero-order valence-electron chi connectivity index (χ0n) is 9.74. The minimum atomic E-state index is -0.670. The van der Waals surface area contributed by atoms with Crippen LogP contribution in [0, 0.1) is 0 Å². The molecule has 2 heterocycles. The lowest BCUT2D eigenvalue weighted by Crippen LogP contribution is -2.58. The smallest absolute Gasteiger partial charge is 0.324 e. The van der Waals surface area contributed by atoms with E-state index >= 15 is 0 Å². The van der Waals surface area contributed by atoms with Crippen LogP contribution in [0.5, 0.6) is 0 Å². The number of nitrogens with one attached hydrogen (secondary N) is 1. The van der Waals surface area contributed by atoms with E-state index in [1.807, 2.05) is 0 Å². The first-order valence-corrected chi connectivity index (χ1v) is 7.05. The molecule has 5 heteroatoms. The Labute approximate surface area is 101 Å². The monoisotopic (exact) mass is 244 g/mol. The second kappa shape index (κ2) is 4.94. The summed E-state index contributed by atoms with van der Waals surface area (Å²) in [5.74, 6) is 1.01. The van der Waals surface area contributed by atoms with Crippen molar-refractivity contribution in [2.24, 2.45) is 0 Å². The highest BCUT2D eigenvalue weighted by Gasteiger charge is 2.43. The first kappa shape index (κ1) is 12.2. The highest BCUT2D eigenvalue weighted by Crippen LogP contribution is 2.29. The lowest BCUT2D eigenvalue weighted by atomic mass is 9.95. The van der Waals surface area contributed by atoms with Gasteiger partial charge >= 0.3 is 5.97 Å². The van der Waals surface area contributed by atoms with E-state index < -0.39 is 11.5 Å². The van der Waals surface area contributed by atoms with E-state index in [1.165, 1.54) is 0 Å². The summed E-state index contributed by atoms with van der Waals surface area (Å²) < 4.78 is 0. The Bertz CT molecular complexity index is 259. The summed E-state index contributed by atoms with van der Waals surface area (Å²) in [6.45, 7) is 2.14. The SMILES string of the molecule is CN1CCC(NC2(C(=O)O)CCSC2)CC1. The number of hydrogen-bond acceptors (Lipinski definition) is 4. The highest BCUT2D eigenvalue weighted by atomic mass is 32.2. The van der Waals surface area contributed by atoms with Crippen molar-refractivity contribution >= 4 is 17.7 Å². The first-order valence-electron chi connectivity index (χ1n) is 5.90. The molecule has 0 radical (unpaired) electrons. The van der Waals surface area contributed by atoms with Crippen molar-refractivity contribution in [3.05, 3.63) is 0 Å². The molecule has 2 aliphatic heterocycles. The van der Waals surface area contributed by atoms with Gasteiger partial charge in [0.15, 0.2) is 0 Å². The van der Waals surface area contributed by atoms with Crippen molar-refractivity contribution in [2.45, 2.75) is 30.8 Å². The van der Waals surface area contributed by atoms with Crippen molar-refractivity contribution in [1.82, 2.24) is 10.2 Å². The van der Waals surface area contributed by atoms with E-state index in [0.717, 1.165) is 38.1 Å². The van der Waals surface area contributed by atoms with Gasteiger partial charge in [0, 0.05) is 11.8 Å². The number of carbonyl (C=O) groups is 1. The summed E-state index contributed by atoms with van der Waals surface area (Å²) in [5, 5.41) is 12.8. The molecular formula is C11H20N2O2S. The van der Waals surface area contributed by atoms with Crippen LogP contribution in [-0.4, -0.2) is 59.2 Å². The van der Waals surface area contributed by atoms with E-state index in [-0.39, 0.29) is 0 Å². The molecule has 4 nitrogen and oxygen atoms in total. The van der Waals surface area contributed by atoms with Crippen LogP contribution in [0.3, 0.4) is 0 Å². The van der Waals surface area contributed by atoms with Crippen LogP contribution in [0.2, 0.25) is 0 Å². The Morgan fingerprint density at radius 3 is 2.69 bits per heavy atom. The molecule has 92 valence electrons. The first-order chi connectivity index (χ1) is 7.62. The Hall–Kier alpha value is -0.260. The van der Waals surface area contributed by atoms with E-state index in [2.05, 4.69) is 17.3 Å². The number of carboxylic acid groups (broad SMARTS) is 1. The zero-order valence-corrected chi connectivity index (χ0v) is 10.6. The molecule has 2 fully saturated rings. The van der Waals surface area contributed by atoms with Crippen molar-refractivity contribution in [1.29, 1.82) is 0 Å². The summed E-state index contributed by atoms with van der Waals surface area (Å²) in [7, 11) is 2.12. The second-order valence-corrected chi connectivity index (χ2v) is 6.02. The van der Waals surface area contributed by atoms with E-state index in [1.54, 1.807) is 11.8 Å². The largest absolute Gasteiger partial charge is 0.480 e. The summed E-state index contributed by atoms with van der Waals surface area (Å²) >= 11 is 1.74. The van der Waals surface area contributed by atoms with Crippen molar-refractivity contribution in [3.63, 3.8) is 0 Å². The van der Waals surface area contributed by atoms with Crippen LogP contribution >= 0.6 is 11.8 Å². The van der Waals surface area contributed by atoms with Gasteiger partial charge in [0.2, 0.25) is 0 Å². The highest BCUT2D eigenvalue weighted by molar-refractivity contribution is 7.99. The van der Waals surface area contributed by atoms with Crippen LogP contribution in [0.1, 0.15) is 19.3 Å². The molecular weight excluding hydrogens is 224 g/mol. The minimum Gasteiger partial charge on any atom is -0.480 e. The molecule has 0 saturated carbocycles. The molecule has 1 atom stereocenters. The van der Waals surface area contributed by atoms with Crippen LogP contribution in [-0.2, 0) is 4.79 Å². The Morgan fingerprint density at radius 2 is 2.19 bits per heavy atom. The fraction of sp³-hybridized carbons (Fsp3) is 0.909. The molecule has 0 amide bonds. The topological polar surface area (TPSA) is 52.6 Å². The number of thioether (sulfide) groups is 1. The second-order valence-electron chi connectivity index (χ2n) is 4.91. The zero-order chi connectivity index (χ0) is 11.6. The molecule has 0 aromatic carbocycles. The van der Waals surface area contributed by atoms with Gasteiger partial charge in [-0.05, 0) is 45.2 Å². The molecule has 0 aromatic heterocycles. The predicted molar refractivity (Wildman–Crippen MR) is 66.0 cm³/mol. The van der Waals surface area contributed by atoms with Crippen molar-refractivity contribution in [2.75, 3.05) is 31.6 Å². The van der Waals surface area contributed by atoms with Crippen LogP contribution in [0.15, 0.2) is 0 Å². The average molecular weight is 244 g/mol. The van der Waals surface area contributed by atoms with Gasteiger partial charge in [0.1, 0.15) is 5.54 Å². The number of carboxylic acids is 1. The van der Waals surface area contributed by atoms with Crippen LogP contribution in [0.25, 0.3) is 0 Å². The number of likely N-dealkylation sites (tertiary alicyclic amines) is 1. The number of piperidine rings is 1. The summed E-state index contributed by atoms with van der Waals surface area (Å²) in [6.07, 6.45) is 2.89. The van der Waals surface area contributed by atoms with Gasteiger partial charge in [0.05, 0.1) is 0 Å². The number of aliphatic carboxylic acids is 1. The quantitative estimate of drug-likeness (QED) is 0.762. The molecule has 1 unspecified atom stereocenters. The number of nitrogens with zero attached hydrogens (tertiary/aromatic N) is 1. The molecule has 0 aliphatic carbocycles. The maximum absolute atomic E-state index is 11.4. The molecule has 2 saturated heterocycles. The number of hydrogen-bond donors (Lipinski definition) is 2. The predicted octanol–water partition coefficient (Wildman–Crippen LogP) is 0.631. The molecule has 16 heavy (non-hydrogen) atoms. The molecule has 0 bridgehead atoms. The van der Waals surface area contributed by atoms with Gasteiger partial charge in [-0.2, -0.15) is 11.8 Å².